The molecule has 84 valence electrons. The van der Waals surface area contributed by atoms with Gasteiger partial charge in [0.15, 0.2) is 0 Å². The van der Waals surface area contributed by atoms with Crippen LogP contribution >= 0.6 is 0 Å². The molecule has 3 heteroatoms. The van der Waals surface area contributed by atoms with Gasteiger partial charge in [-0.25, -0.2) is 0 Å². The Bertz CT molecular complexity index is 187. The molecule has 0 aromatic heterocycles. The van der Waals surface area contributed by atoms with Crippen molar-refractivity contribution in [3.8, 4) is 0 Å². The van der Waals surface area contributed by atoms with E-state index in [0.717, 1.165) is 12.8 Å². The molecule has 1 aliphatic carbocycles. The van der Waals surface area contributed by atoms with Gasteiger partial charge in [0.1, 0.15) is 0 Å². The van der Waals surface area contributed by atoms with Gasteiger partial charge < -0.3 is 0 Å². The minimum atomic E-state index is -4.02. The second-order valence-electron chi connectivity index (χ2n) is 4.89. The summed E-state index contributed by atoms with van der Waals surface area (Å²) in [4.78, 5) is 0. The molecule has 0 spiro atoms. The summed E-state index contributed by atoms with van der Waals surface area (Å²) < 4.78 is 39.1. The molecule has 0 radical (unpaired) electrons. The van der Waals surface area contributed by atoms with Crippen molar-refractivity contribution in [2.75, 3.05) is 0 Å². The van der Waals surface area contributed by atoms with E-state index in [9.17, 15) is 13.2 Å². The Balaban J connectivity index is 2.93. The molecule has 14 heavy (non-hydrogen) atoms. The predicted molar refractivity (Wildman–Crippen MR) is 51.0 cm³/mol. The monoisotopic (exact) mass is 208 g/mol. The number of hydrogen-bond acceptors (Lipinski definition) is 0. The van der Waals surface area contributed by atoms with E-state index in [-0.39, 0.29) is 11.8 Å². The molecule has 1 rings (SSSR count). The average Bonchev–Trinajstić information content (AvgIpc) is 2.50. The van der Waals surface area contributed by atoms with E-state index in [1.807, 2.05) is 13.8 Å². The highest BCUT2D eigenvalue weighted by Crippen LogP contribution is 2.56. The van der Waals surface area contributed by atoms with Crippen molar-refractivity contribution >= 4 is 0 Å². The average molecular weight is 208 g/mol. The summed E-state index contributed by atoms with van der Waals surface area (Å²) in [5.74, 6) is -0.153. The van der Waals surface area contributed by atoms with Crippen molar-refractivity contribution in [1.82, 2.24) is 0 Å². The number of halogens is 3. The minimum absolute atomic E-state index is 0.106. The van der Waals surface area contributed by atoms with Gasteiger partial charge in [-0.2, -0.15) is 13.2 Å². The van der Waals surface area contributed by atoms with Gasteiger partial charge >= 0.3 is 6.18 Å². The maximum atomic E-state index is 13.0. The molecule has 0 amide bonds. The molecule has 0 heterocycles. The summed E-state index contributed by atoms with van der Waals surface area (Å²) in [5, 5.41) is 0. The van der Waals surface area contributed by atoms with Gasteiger partial charge in [0.2, 0.25) is 0 Å². The smallest absolute Gasteiger partial charge is 0.170 e. The third-order valence-electron chi connectivity index (χ3n) is 3.93. The molecule has 0 aromatic rings. The van der Waals surface area contributed by atoms with Crippen molar-refractivity contribution in [3.05, 3.63) is 0 Å². The first-order valence-electron chi connectivity index (χ1n) is 5.38. The van der Waals surface area contributed by atoms with Crippen LogP contribution in [0.5, 0.6) is 0 Å². The van der Waals surface area contributed by atoms with Gasteiger partial charge in [-0.1, -0.05) is 33.6 Å². The lowest BCUT2D eigenvalue weighted by atomic mass is 9.69. The van der Waals surface area contributed by atoms with E-state index >= 15 is 0 Å². The third-order valence-corrected chi connectivity index (χ3v) is 3.93. The van der Waals surface area contributed by atoms with Crippen molar-refractivity contribution in [1.29, 1.82) is 0 Å². The topological polar surface area (TPSA) is 0 Å². The molecule has 1 saturated carbocycles. The quantitative estimate of drug-likeness (QED) is 0.631. The van der Waals surface area contributed by atoms with Crippen LogP contribution in [0.4, 0.5) is 13.2 Å². The SMILES string of the molecule is CC(C)C(C)C1(C(F)(F)F)CCCC1. The molecule has 1 atom stereocenters. The zero-order valence-corrected chi connectivity index (χ0v) is 9.12. The van der Waals surface area contributed by atoms with Crippen molar-refractivity contribution in [2.24, 2.45) is 17.3 Å². The molecule has 0 N–H and O–H groups in total. The highest BCUT2D eigenvalue weighted by atomic mass is 19.4. The van der Waals surface area contributed by atoms with E-state index < -0.39 is 11.6 Å². The fraction of sp³-hybridized carbons (Fsp3) is 1.00. The van der Waals surface area contributed by atoms with E-state index in [1.165, 1.54) is 0 Å². The number of hydrogen-bond donors (Lipinski definition) is 0. The summed E-state index contributed by atoms with van der Waals surface area (Å²) in [7, 11) is 0. The summed E-state index contributed by atoms with van der Waals surface area (Å²) in [5.41, 5.74) is -1.39. The van der Waals surface area contributed by atoms with Crippen LogP contribution in [0.1, 0.15) is 46.5 Å². The van der Waals surface area contributed by atoms with Crippen LogP contribution in [0.25, 0.3) is 0 Å². The van der Waals surface area contributed by atoms with Gasteiger partial charge in [-0.05, 0) is 24.7 Å². The molecule has 1 fully saturated rings. The van der Waals surface area contributed by atoms with Gasteiger partial charge in [-0.15, -0.1) is 0 Å². The first kappa shape index (κ1) is 11.9. The van der Waals surface area contributed by atoms with E-state index in [4.69, 9.17) is 0 Å². The first-order valence-corrected chi connectivity index (χ1v) is 5.38. The molecule has 0 saturated heterocycles. The van der Waals surface area contributed by atoms with Crippen LogP contribution in [-0.2, 0) is 0 Å². The fourth-order valence-corrected chi connectivity index (χ4v) is 2.64. The van der Waals surface area contributed by atoms with Gasteiger partial charge in [0.05, 0.1) is 5.41 Å². The Morgan fingerprint density at radius 2 is 1.43 bits per heavy atom. The van der Waals surface area contributed by atoms with Crippen LogP contribution < -0.4 is 0 Å². The molecule has 0 aliphatic heterocycles. The maximum Gasteiger partial charge on any atom is 0.394 e. The zero-order valence-electron chi connectivity index (χ0n) is 9.12. The summed E-state index contributed by atoms with van der Waals surface area (Å²) in [6, 6.07) is 0. The molecule has 1 unspecified atom stereocenters. The summed E-state index contributed by atoms with van der Waals surface area (Å²) >= 11 is 0. The molecule has 1 aliphatic rings. The van der Waals surface area contributed by atoms with Crippen molar-refractivity contribution < 1.29 is 13.2 Å². The normalized spacial score (nSPS) is 24.2. The standard InChI is InChI=1S/C11H19F3/c1-8(2)9(3)10(11(12,13)14)6-4-5-7-10/h8-9H,4-7H2,1-3H3. The lowest BCUT2D eigenvalue weighted by Gasteiger charge is -2.39. The molecule has 0 nitrogen and oxygen atoms in total. The van der Waals surface area contributed by atoms with Crippen LogP contribution in [0.3, 0.4) is 0 Å². The number of alkyl halides is 3. The molecular formula is C11H19F3. The second kappa shape index (κ2) is 3.74. The highest BCUT2D eigenvalue weighted by Gasteiger charge is 2.58. The molecule has 0 bridgehead atoms. The Labute approximate surface area is 83.9 Å². The zero-order chi connectivity index (χ0) is 11.0. The highest BCUT2D eigenvalue weighted by molar-refractivity contribution is 4.95. The van der Waals surface area contributed by atoms with Crippen molar-refractivity contribution in [2.45, 2.75) is 52.6 Å². The molecular weight excluding hydrogens is 189 g/mol. The first-order chi connectivity index (χ1) is 6.31. The maximum absolute atomic E-state index is 13.0. The Hall–Kier alpha value is -0.210. The lowest BCUT2D eigenvalue weighted by molar-refractivity contribution is -0.244. The van der Waals surface area contributed by atoms with E-state index in [2.05, 4.69) is 0 Å². The van der Waals surface area contributed by atoms with Gasteiger partial charge in [0.25, 0.3) is 0 Å². The Kier molecular flexibility index (Phi) is 3.17. The predicted octanol–water partition coefficient (Wildman–Crippen LogP) is 4.40. The number of rotatable bonds is 2. The fourth-order valence-electron chi connectivity index (χ4n) is 2.64. The van der Waals surface area contributed by atoms with E-state index in [0.29, 0.717) is 12.8 Å². The van der Waals surface area contributed by atoms with E-state index in [1.54, 1.807) is 6.92 Å². The van der Waals surface area contributed by atoms with Crippen LogP contribution in [0.15, 0.2) is 0 Å². The third kappa shape index (κ3) is 1.78. The van der Waals surface area contributed by atoms with Crippen LogP contribution in [0.2, 0.25) is 0 Å². The minimum Gasteiger partial charge on any atom is -0.170 e. The van der Waals surface area contributed by atoms with Crippen molar-refractivity contribution in [3.63, 3.8) is 0 Å². The van der Waals surface area contributed by atoms with Crippen LogP contribution in [0, 0.1) is 17.3 Å². The lowest BCUT2D eigenvalue weighted by Crippen LogP contribution is -2.43. The Morgan fingerprint density at radius 3 is 1.71 bits per heavy atom. The largest absolute Gasteiger partial charge is 0.394 e. The summed E-state index contributed by atoms with van der Waals surface area (Å²) in [6.07, 6.45) is -1.90. The second-order valence-corrected chi connectivity index (χ2v) is 4.89. The molecule has 0 aromatic carbocycles. The van der Waals surface area contributed by atoms with Gasteiger partial charge in [-0.3, -0.25) is 0 Å². The summed E-state index contributed by atoms with van der Waals surface area (Å²) in [6.45, 7) is 5.52. The Morgan fingerprint density at radius 1 is 1.00 bits per heavy atom. The van der Waals surface area contributed by atoms with Crippen LogP contribution in [-0.4, -0.2) is 6.18 Å². The van der Waals surface area contributed by atoms with Gasteiger partial charge in [0, 0.05) is 0 Å².